The zero-order chi connectivity index (χ0) is 59.7. The molecular weight excluding hydrogens is 1060 g/mol. The molecule has 0 bridgehead atoms. The minimum absolute atomic E-state index is 0.253. The number of aliphatic hydroxyl groups excluding tert-OH is 11. The Balaban J connectivity index is 1.44. The van der Waals surface area contributed by atoms with Gasteiger partial charge in [-0.15, -0.1) is 0 Å². The van der Waals surface area contributed by atoms with E-state index in [9.17, 15) is 61.0 Å². The first kappa shape index (κ1) is 73.7. The lowest BCUT2D eigenvalue weighted by Crippen LogP contribution is -2.66. The van der Waals surface area contributed by atoms with Crippen molar-refractivity contribution in [2.75, 3.05) is 26.4 Å². The Morgan fingerprint density at radius 1 is 0.451 bits per heavy atom. The molecule has 0 spiro atoms. The summed E-state index contributed by atoms with van der Waals surface area (Å²) in [5.74, 6) is -0.253. The van der Waals surface area contributed by atoms with E-state index in [0.29, 0.717) is 12.8 Å². The first-order valence-corrected chi connectivity index (χ1v) is 31.5. The maximum Gasteiger partial charge on any atom is 0.220 e. The van der Waals surface area contributed by atoms with Gasteiger partial charge in [-0.3, -0.25) is 4.79 Å². The highest BCUT2D eigenvalue weighted by atomic mass is 16.8. The van der Waals surface area contributed by atoms with Gasteiger partial charge in [0.1, 0.15) is 73.2 Å². The smallest absolute Gasteiger partial charge is 0.220 e. The molecule has 3 heterocycles. The van der Waals surface area contributed by atoms with Crippen LogP contribution in [0.2, 0.25) is 0 Å². The highest BCUT2D eigenvalue weighted by Gasteiger charge is 2.53. The molecule has 0 aromatic rings. The van der Waals surface area contributed by atoms with Gasteiger partial charge < -0.3 is 89.9 Å². The minimum atomic E-state index is -1.97. The van der Waals surface area contributed by atoms with Crippen molar-refractivity contribution in [3.8, 4) is 0 Å². The van der Waals surface area contributed by atoms with Gasteiger partial charge in [0.2, 0.25) is 5.91 Å². The Kier molecular flexibility index (Phi) is 41.2. The van der Waals surface area contributed by atoms with E-state index < -0.39 is 124 Å². The van der Waals surface area contributed by atoms with Crippen molar-refractivity contribution in [3.63, 3.8) is 0 Å². The topological polar surface area (TPSA) is 307 Å². The monoisotopic (exact) mass is 1170 g/mol. The van der Waals surface area contributed by atoms with Gasteiger partial charge in [-0.2, -0.15) is 0 Å². The zero-order valence-corrected chi connectivity index (χ0v) is 49.7. The van der Waals surface area contributed by atoms with Crippen LogP contribution in [0.4, 0.5) is 0 Å². The number of hydrogen-bond acceptors (Lipinski definition) is 18. The van der Waals surface area contributed by atoms with Crippen molar-refractivity contribution in [3.05, 3.63) is 60.8 Å². The van der Waals surface area contributed by atoms with Crippen molar-refractivity contribution >= 4 is 5.91 Å². The maximum atomic E-state index is 13.4. The lowest BCUT2D eigenvalue weighted by molar-refractivity contribution is -0.379. The molecule has 1 amide bonds. The number of amides is 1. The predicted molar refractivity (Wildman–Crippen MR) is 314 cm³/mol. The number of ether oxygens (including phenoxy) is 6. The van der Waals surface area contributed by atoms with Crippen LogP contribution in [-0.2, 0) is 33.2 Å². The maximum absolute atomic E-state index is 13.4. The molecule has 17 unspecified atom stereocenters. The molecule has 3 aliphatic rings. The van der Waals surface area contributed by atoms with E-state index in [2.05, 4.69) is 79.9 Å². The van der Waals surface area contributed by atoms with Crippen LogP contribution < -0.4 is 5.32 Å². The van der Waals surface area contributed by atoms with Crippen molar-refractivity contribution in [1.82, 2.24) is 5.32 Å². The number of nitrogens with one attached hydrogen (secondary N) is 1. The van der Waals surface area contributed by atoms with Gasteiger partial charge in [-0.25, -0.2) is 0 Å². The van der Waals surface area contributed by atoms with E-state index in [0.717, 1.165) is 89.9 Å². The van der Waals surface area contributed by atoms with Crippen LogP contribution in [0.1, 0.15) is 200 Å². The standard InChI is InChI=1S/C63H111NO18/c1-3-5-7-9-11-13-15-17-18-19-20-21-22-23-24-25-26-27-28-29-31-33-35-37-39-41-51(69)64-46(47(68)40-38-36-34-32-30-16-14-12-10-8-6-4-2)45-77-61-57(75)54(72)59(49(43-66)79-61)82-63-58(76)55(73)60(50(44-67)80-63)81-62-56(74)53(71)52(70)48(42-65)78-62/h5,7,11,13,17-18,20-21,23-24,46-50,52-63,65-68,70-76H,3-4,6,8-10,12,14-16,19,22,25-45H2,1-2H3,(H,64,69)/b7-5-,13-11-,18-17-,21-20-,24-23-. The van der Waals surface area contributed by atoms with E-state index in [1.807, 2.05) is 0 Å². The lowest BCUT2D eigenvalue weighted by Gasteiger charge is -2.48. The summed E-state index contributed by atoms with van der Waals surface area (Å²) < 4.78 is 34.3. The van der Waals surface area contributed by atoms with E-state index >= 15 is 0 Å². The van der Waals surface area contributed by atoms with E-state index in [1.54, 1.807) is 0 Å². The molecule has 0 aromatic carbocycles. The van der Waals surface area contributed by atoms with Crippen LogP contribution in [0.3, 0.4) is 0 Å². The lowest BCUT2D eigenvalue weighted by atomic mass is 9.96. The highest BCUT2D eigenvalue weighted by Crippen LogP contribution is 2.33. The van der Waals surface area contributed by atoms with Crippen LogP contribution in [0, 0.1) is 0 Å². The zero-order valence-electron chi connectivity index (χ0n) is 49.7. The fourth-order valence-corrected chi connectivity index (χ4v) is 10.5. The molecule has 0 aromatic heterocycles. The molecule has 0 radical (unpaired) electrons. The van der Waals surface area contributed by atoms with Gasteiger partial charge in [-0.1, -0.05) is 197 Å². The molecule has 0 aliphatic carbocycles. The normalized spacial score (nSPS) is 30.0. The van der Waals surface area contributed by atoms with Crippen LogP contribution >= 0.6 is 0 Å². The molecule has 17 atom stereocenters. The fraction of sp³-hybridized carbons (Fsp3) is 0.825. The second-order valence-electron chi connectivity index (χ2n) is 22.5. The Labute approximate surface area is 490 Å². The summed E-state index contributed by atoms with van der Waals surface area (Å²) in [6, 6.07) is -0.892. The molecule has 19 nitrogen and oxygen atoms in total. The number of carbonyl (C=O) groups is 1. The molecule has 476 valence electrons. The minimum Gasteiger partial charge on any atom is -0.394 e. The summed E-state index contributed by atoms with van der Waals surface area (Å²) in [6.07, 6.45) is 25.9. The van der Waals surface area contributed by atoms with Gasteiger partial charge >= 0.3 is 0 Å². The number of rotatable bonds is 46. The van der Waals surface area contributed by atoms with Crippen molar-refractivity contribution in [2.45, 2.75) is 304 Å². The van der Waals surface area contributed by atoms with Crippen molar-refractivity contribution < 1.29 is 89.4 Å². The number of hydrogen-bond donors (Lipinski definition) is 12. The Bertz CT molecular complexity index is 1730. The molecular formula is C63H111NO18. The van der Waals surface area contributed by atoms with Gasteiger partial charge in [0.25, 0.3) is 0 Å². The average molecular weight is 1170 g/mol. The van der Waals surface area contributed by atoms with Crippen LogP contribution in [-0.4, -0.2) is 193 Å². The summed E-state index contributed by atoms with van der Waals surface area (Å²) in [7, 11) is 0. The largest absolute Gasteiger partial charge is 0.394 e. The molecule has 3 saturated heterocycles. The number of allylic oxidation sites excluding steroid dienone is 10. The van der Waals surface area contributed by atoms with Gasteiger partial charge in [0.15, 0.2) is 18.9 Å². The summed E-state index contributed by atoms with van der Waals surface area (Å²) in [5, 5.41) is 120. The summed E-state index contributed by atoms with van der Waals surface area (Å²) in [5.41, 5.74) is 0. The first-order valence-electron chi connectivity index (χ1n) is 31.5. The van der Waals surface area contributed by atoms with E-state index in [1.165, 1.54) is 77.0 Å². The number of unbranched alkanes of at least 4 members (excludes halogenated alkanes) is 20. The first-order chi connectivity index (χ1) is 39.8. The molecule has 3 aliphatic heterocycles. The second kappa shape index (κ2) is 45.8. The second-order valence-corrected chi connectivity index (χ2v) is 22.5. The fourth-order valence-electron chi connectivity index (χ4n) is 10.5. The van der Waals surface area contributed by atoms with Crippen molar-refractivity contribution in [1.29, 1.82) is 0 Å². The van der Waals surface area contributed by atoms with E-state index in [-0.39, 0.29) is 18.9 Å². The van der Waals surface area contributed by atoms with E-state index in [4.69, 9.17) is 28.4 Å². The number of aliphatic hydroxyl groups is 11. The number of carbonyl (C=O) groups excluding carboxylic acids is 1. The highest BCUT2D eigenvalue weighted by molar-refractivity contribution is 5.76. The molecule has 82 heavy (non-hydrogen) atoms. The van der Waals surface area contributed by atoms with Crippen molar-refractivity contribution in [2.24, 2.45) is 0 Å². The molecule has 3 rings (SSSR count). The Morgan fingerprint density at radius 2 is 0.841 bits per heavy atom. The molecule has 12 N–H and O–H groups in total. The van der Waals surface area contributed by atoms with Gasteiger partial charge in [-0.05, 0) is 57.8 Å². The third-order valence-electron chi connectivity index (χ3n) is 15.6. The van der Waals surface area contributed by atoms with Crippen LogP contribution in [0.25, 0.3) is 0 Å². The van der Waals surface area contributed by atoms with Gasteiger partial charge in [0.05, 0.1) is 38.6 Å². The third-order valence-corrected chi connectivity index (χ3v) is 15.6. The molecule has 0 saturated carbocycles. The quantitative estimate of drug-likeness (QED) is 0.0231. The molecule has 19 heteroatoms. The summed E-state index contributed by atoms with van der Waals surface area (Å²) in [4.78, 5) is 13.4. The van der Waals surface area contributed by atoms with Crippen LogP contribution in [0.5, 0.6) is 0 Å². The average Bonchev–Trinajstić information content (AvgIpc) is 3.59. The summed E-state index contributed by atoms with van der Waals surface area (Å²) in [6.45, 7) is 1.65. The summed E-state index contributed by atoms with van der Waals surface area (Å²) >= 11 is 0. The van der Waals surface area contributed by atoms with Gasteiger partial charge in [0, 0.05) is 6.42 Å². The Hall–Kier alpha value is -2.51. The van der Waals surface area contributed by atoms with Crippen LogP contribution in [0.15, 0.2) is 60.8 Å². The Morgan fingerprint density at radius 3 is 1.32 bits per heavy atom. The molecule has 3 fully saturated rings. The third kappa shape index (κ3) is 28.8. The SMILES string of the molecule is CC/C=C\C/C=C\C/C=C\C/C=C\C/C=C\CCCCCCCCCCCC(=O)NC(COC1OC(CO)C(OC2OC(CO)C(OC3OC(CO)C(O)C(O)C3O)C(O)C2O)C(O)C1O)C(O)CCCCCCCCCCCCCC. The predicted octanol–water partition coefficient (Wildman–Crippen LogP) is 6.43.